The summed E-state index contributed by atoms with van der Waals surface area (Å²) in [5, 5.41) is 16.6. The quantitative estimate of drug-likeness (QED) is 0.154. The summed E-state index contributed by atoms with van der Waals surface area (Å²) in [6.07, 6.45) is 1.91. The Balaban J connectivity index is 1.06. The third-order valence-electron chi connectivity index (χ3n) is 10.8. The number of hydrogen-bond donors (Lipinski definition) is 2. The van der Waals surface area contributed by atoms with E-state index in [0.717, 1.165) is 67.2 Å². The second-order valence-corrected chi connectivity index (χ2v) is 15.6. The average molecular weight is 757 g/mol. The Hall–Kier alpha value is -7.31. The van der Waals surface area contributed by atoms with Crippen molar-refractivity contribution >= 4 is 44.6 Å². The summed E-state index contributed by atoms with van der Waals surface area (Å²) in [5.74, 6) is 2.55. The molecule has 2 N–H and O–H groups in total. The zero-order chi connectivity index (χ0) is 39.8. The molecule has 6 heteroatoms. The van der Waals surface area contributed by atoms with Crippen LogP contribution in [0.5, 0.6) is 17.2 Å². The fraction of sp³-hybridized carbons (Fsp3) is 0.0962. The van der Waals surface area contributed by atoms with Gasteiger partial charge in [-0.15, -0.1) is 0 Å². The molecule has 58 heavy (non-hydrogen) atoms. The second-order valence-electron chi connectivity index (χ2n) is 15.6. The number of anilines is 4. The van der Waals surface area contributed by atoms with Crippen molar-refractivity contribution in [2.45, 2.75) is 26.2 Å². The van der Waals surface area contributed by atoms with Crippen molar-refractivity contribution in [1.29, 1.82) is 0 Å². The van der Waals surface area contributed by atoms with Crippen molar-refractivity contribution in [3.63, 3.8) is 0 Å². The molecule has 284 valence electrons. The first-order valence-electron chi connectivity index (χ1n) is 19.6. The van der Waals surface area contributed by atoms with E-state index in [1.54, 1.807) is 6.07 Å². The lowest BCUT2D eigenvalue weighted by Crippen LogP contribution is -2.12. The maximum absolute atomic E-state index is 10.7. The minimum absolute atomic E-state index is 0.0309. The molecule has 0 aliphatic rings. The maximum Gasteiger partial charge on any atom is 0.137 e. The zero-order valence-electron chi connectivity index (χ0n) is 33.0. The molecule has 2 aromatic heterocycles. The Morgan fingerprint density at radius 1 is 0.586 bits per heavy atom. The molecular weight excluding hydrogens is 713 g/mol. The van der Waals surface area contributed by atoms with Crippen LogP contribution in [-0.4, -0.2) is 21.7 Å². The summed E-state index contributed by atoms with van der Waals surface area (Å²) in [6, 6.07) is 59.7. The molecule has 9 rings (SSSR count). The van der Waals surface area contributed by atoms with Crippen LogP contribution in [0.2, 0.25) is 0 Å². The van der Waals surface area contributed by atoms with E-state index in [1.807, 2.05) is 98.2 Å². The van der Waals surface area contributed by atoms with E-state index in [1.165, 1.54) is 16.7 Å². The Labute approximate surface area is 339 Å². The minimum atomic E-state index is -0.0309. The number of phenols is 1. The van der Waals surface area contributed by atoms with E-state index in [0.29, 0.717) is 5.75 Å². The fourth-order valence-electron chi connectivity index (χ4n) is 7.75. The highest BCUT2D eigenvalue weighted by Gasteiger charge is 2.20. The van der Waals surface area contributed by atoms with Crippen molar-refractivity contribution < 1.29 is 9.84 Å². The van der Waals surface area contributed by atoms with Gasteiger partial charge in [-0.3, -0.25) is 4.57 Å². The summed E-state index contributed by atoms with van der Waals surface area (Å²) >= 11 is 0. The van der Waals surface area contributed by atoms with Crippen molar-refractivity contribution in [2.24, 2.45) is 0 Å². The molecule has 0 spiro atoms. The van der Waals surface area contributed by atoms with Crippen LogP contribution in [0, 0.1) is 0 Å². The van der Waals surface area contributed by atoms with Gasteiger partial charge in [-0.05, 0) is 94.9 Å². The lowest BCUT2D eigenvalue weighted by Gasteiger charge is -2.26. The lowest BCUT2D eigenvalue weighted by molar-refractivity contribution is 0.477. The van der Waals surface area contributed by atoms with E-state index in [4.69, 9.17) is 9.72 Å². The number of aromatic nitrogens is 2. The number of ether oxygens (including phenoxy) is 1. The van der Waals surface area contributed by atoms with Gasteiger partial charge in [-0.2, -0.15) is 0 Å². The molecule has 0 unspecified atom stereocenters. The van der Waals surface area contributed by atoms with Crippen LogP contribution in [0.4, 0.5) is 22.7 Å². The van der Waals surface area contributed by atoms with Crippen molar-refractivity contribution in [3.8, 4) is 45.3 Å². The number of hydrogen-bond acceptors (Lipinski definition) is 5. The first-order chi connectivity index (χ1) is 28.2. The number of para-hydroxylation sites is 4. The highest BCUT2D eigenvalue weighted by Crippen LogP contribution is 2.42. The largest absolute Gasteiger partial charge is 0.507 e. The van der Waals surface area contributed by atoms with Crippen LogP contribution >= 0.6 is 0 Å². The zero-order valence-corrected chi connectivity index (χ0v) is 33.0. The molecule has 0 radical (unpaired) electrons. The van der Waals surface area contributed by atoms with E-state index in [-0.39, 0.29) is 11.2 Å². The number of fused-ring (bicyclic) bond motifs is 3. The Kier molecular flexibility index (Phi) is 9.38. The minimum Gasteiger partial charge on any atom is -0.507 e. The Morgan fingerprint density at radius 2 is 1.31 bits per heavy atom. The Morgan fingerprint density at radius 3 is 2.12 bits per heavy atom. The number of phenolic OH excluding ortho intramolecular Hbond substituents is 1. The molecule has 2 heterocycles. The number of aromatic hydroxyl groups is 1. The van der Waals surface area contributed by atoms with Gasteiger partial charge in [0.2, 0.25) is 0 Å². The van der Waals surface area contributed by atoms with Gasteiger partial charge in [-0.1, -0.05) is 112 Å². The Bertz CT molecular complexity index is 2930. The van der Waals surface area contributed by atoms with Gasteiger partial charge in [-0.25, -0.2) is 4.98 Å². The molecule has 7 aromatic carbocycles. The normalized spacial score (nSPS) is 11.5. The van der Waals surface area contributed by atoms with Crippen LogP contribution in [0.1, 0.15) is 26.3 Å². The standard InChI is InChI=1S/C52H44N4O2/c1-52(2,3)37-29-30-53-51(32-37)56-47-28-25-36(35-15-6-5-7-16-35)31-44(47)42-27-26-40(34-49(42)56)58-39-18-14-17-38(33-39)54-45-21-10-12-23-48(45)55(4)46-22-11-8-19-41(46)43-20-9-13-24-50(43)57/h5-34,54,57H,1-4H3. The van der Waals surface area contributed by atoms with Crippen LogP contribution in [0.25, 0.3) is 49.9 Å². The fourth-order valence-corrected chi connectivity index (χ4v) is 7.75. The van der Waals surface area contributed by atoms with Crippen molar-refractivity contribution in [3.05, 3.63) is 188 Å². The van der Waals surface area contributed by atoms with E-state index < -0.39 is 0 Å². The first-order valence-corrected chi connectivity index (χ1v) is 19.6. The molecule has 9 aromatic rings. The monoisotopic (exact) mass is 756 g/mol. The highest BCUT2D eigenvalue weighted by atomic mass is 16.5. The molecule has 0 saturated heterocycles. The lowest BCUT2D eigenvalue weighted by atomic mass is 9.88. The summed E-state index contributed by atoms with van der Waals surface area (Å²) in [5.41, 5.74) is 11.1. The first kappa shape index (κ1) is 36.3. The predicted octanol–water partition coefficient (Wildman–Crippen LogP) is 13.8. The predicted molar refractivity (Wildman–Crippen MR) is 241 cm³/mol. The SMILES string of the molecule is CN(c1ccccc1Nc1cccc(Oc2ccc3c4cc(-c5ccccc5)ccc4n(-c4cc(C(C)(C)C)ccn4)c3c2)c1)c1ccccc1-c1ccccc1O. The van der Waals surface area contributed by atoms with Crippen molar-refractivity contribution in [2.75, 3.05) is 17.3 Å². The number of rotatable bonds is 9. The molecule has 0 aliphatic heterocycles. The molecule has 0 atom stereocenters. The van der Waals surface area contributed by atoms with Gasteiger partial charge in [0, 0.05) is 58.7 Å². The topological polar surface area (TPSA) is 62.5 Å². The molecule has 0 aliphatic carbocycles. The second kappa shape index (κ2) is 15.0. The van der Waals surface area contributed by atoms with Gasteiger partial charge >= 0.3 is 0 Å². The van der Waals surface area contributed by atoms with E-state index in [2.05, 4.69) is 120 Å². The number of nitrogens with one attached hydrogen (secondary N) is 1. The third kappa shape index (κ3) is 7.01. The van der Waals surface area contributed by atoms with Crippen LogP contribution in [0.15, 0.2) is 182 Å². The van der Waals surface area contributed by atoms with Gasteiger partial charge in [0.15, 0.2) is 0 Å². The summed E-state index contributed by atoms with van der Waals surface area (Å²) < 4.78 is 8.89. The van der Waals surface area contributed by atoms with Gasteiger partial charge < -0.3 is 20.1 Å². The van der Waals surface area contributed by atoms with Gasteiger partial charge in [0.25, 0.3) is 0 Å². The van der Waals surface area contributed by atoms with Gasteiger partial charge in [0.1, 0.15) is 23.1 Å². The van der Waals surface area contributed by atoms with Crippen molar-refractivity contribution in [1.82, 2.24) is 9.55 Å². The third-order valence-corrected chi connectivity index (χ3v) is 10.8. The molecule has 0 bridgehead atoms. The molecule has 0 fully saturated rings. The molecular formula is C52H44N4O2. The molecule has 0 saturated carbocycles. The summed E-state index contributed by atoms with van der Waals surface area (Å²) in [7, 11) is 2.05. The van der Waals surface area contributed by atoms with Crippen LogP contribution in [-0.2, 0) is 5.41 Å². The smallest absolute Gasteiger partial charge is 0.137 e. The van der Waals surface area contributed by atoms with Crippen LogP contribution < -0.4 is 15.0 Å². The van der Waals surface area contributed by atoms with Gasteiger partial charge in [0.05, 0.1) is 22.4 Å². The molecule has 0 amide bonds. The number of pyridine rings is 1. The maximum atomic E-state index is 10.7. The van der Waals surface area contributed by atoms with Crippen LogP contribution in [0.3, 0.4) is 0 Å². The number of nitrogens with zero attached hydrogens (tertiary/aromatic N) is 3. The summed E-state index contributed by atoms with van der Waals surface area (Å²) in [6.45, 7) is 6.69. The summed E-state index contributed by atoms with van der Waals surface area (Å²) in [4.78, 5) is 7.05. The molecule has 6 nitrogen and oxygen atoms in total. The highest BCUT2D eigenvalue weighted by molar-refractivity contribution is 6.10. The van der Waals surface area contributed by atoms with E-state index in [9.17, 15) is 5.11 Å². The average Bonchev–Trinajstić information content (AvgIpc) is 3.57. The van der Waals surface area contributed by atoms with E-state index >= 15 is 0 Å². The number of benzene rings is 7.